The highest BCUT2D eigenvalue weighted by molar-refractivity contribution is 5.92. The summed E-state index contributed by atoms with van der Waals surface area (Å²) in [5.41, 5.74) is 11.0. The lowest BCUT2D eigenvalue weighted by molar-refractivity contribution is 0.0508. The molecule has 0 fully saturated rings. The molecule has 1 heterocycles. The number of anilines is 1. The minimum absolute atomic E-state index is 0.149. The number of carbonyl (C=O) groups excluding carboxylic acids is 1. The number of rotatable bonds is 14. The summed E-state index contributed by atoms with van der Waals surface area (Å²) < 4.78 is 12.7. The van der Waals surface area contributed by atoms with Crippen molar-refractivity contribution in [2.75, 3.05) is 5.73 Å². The number of esters is 1. The SMILES string of the molecule is Cc1c(C)c2c(c(C)c1OC(=O)c1ccc(N)cc1)CC[C@@](C)(CCC[C@H](C)CCC[C@H](C)CCCC(C)C)O2. The van der Waals surface area contributed by atoms with Crippen molar-refractivity contribution < 1.29 is 14.3 Å². The molecule has 0 bridgehead atoms. The number of nitrogen functional groups attached to an aromatic ring is 1. The van der Waals surface area contributed by atoms with Gasteiger partial charge in [-0.2, -0.15) is 0 Å². The number of benzene rings is 2. The number of hydrogen-bond acceptors (Lipinski definition) is 4. The molecule has 3 atom stereocenters. The second kappa shape index (κ2) is 14.4. The molecule has 0 saturated heterocycles. The van der Waals surface area contributed by atoms with Crippen molar-refractivity contribution in [2.45, 2.75) is 132 Å². The predicted octanol–water partition coefficient (Wildman–Crippen LogP) is 9.94. The summed E-state index contributed by atoms with van der Waals surface area (Å²) in [5, 5.41) is 0. The molecule has 1 aliphatic rings. The average molecular weight is 550 g/mol. The number of fused-ring (bicyclic) bond motifs is 1. The molecule has 2 N–H and O–H groups in total. The Hall–Kier alpha value is -2.49. The molecule has 2 aromatic rings. The summed E-state index contributed by atoms with van der Waals surface area (Å²) in [6.45, 7) is 17.9. The van der Waals surface area contributed by atoms with Gasteiger partial charge in [-0.1, -0.05) is 72.6 Å². The van der Waals surface area contributed by atoms with Gasteiger partial charge in [0.2, 0.25) is 0 Å². The maximum absolute atomic E-state index is 12.9. The Morgan fingerprint density at radius 1 is 0.875 bits per heavy atom. The minimum Gasteiger partial charge on any atom is -0.487 e. The highest BCUT2D eigenvalue weighted by Crippen LogP contribution is 2.45. The van der Waals surface area contributed by atoms with Gasteiger partial charge in [-0.3, -0.25) is 0 Å². The van der Waals surface area contributed by atoms with E-state index in [1.54, 1.807) is 24.3 Å². The predicted molar refractivity (Wildman–Crippen MR) is 169 cm³/mol. The van der Waals surface area contributed by atoms with Crippen LogP contribution in [0.2, 0.25) is 0 Å². The van der Waals surface area contributed by atoms with Gasteiger partial charge in [0.25, 0.3) is 0 Å². The molecule has 0 amide bonds. The molecule has 0 radical (unpaired) electrons. The van der Waals surface area contributed by atoms with Crippen LogP contribution in [0.1, 0.15) is 131 Å². The first-order valence-electron chi connectivity index (χ1n) is 15.8. The van der Waals surface area contributed by atoms with Crippen molar-refractivity contribution in [3.05, 3.63) is 52.1 Å². The Kier molecular flexibility index (Phi) is 11.5. The zero-order chi connectivity index (χ0) is 29.4. The van der Waals surface area contributed by atoms with E-state index in [1.807, 2.05) is 6.92 Å². The largest absolute Gasteiger partial charge is 0.487 e. The van der Waals surface area contributed by atoms with Crippen LogP contribution < -0.4 is 15.2 Å². The molecule has 1 aliphatic heterocycles. The second-order valence-electron chi connectivity index (χ2n) is 13.4. The van der Waals surface area contributed by atoms with Gasteiger partial charge in [0.1, 0.15) is 17.1 Å². The molecule has 40 heavy (non-hydrogen) atoms. The zero-order valence-corrected chi connectivity index (χ0v) is 26.6. The van der Waals surface area contributed by atoms with Gasteiger partial charge in [-0.25, -0.2) is 4.79 Å². The fourth-order valence-electron chi connectivity index (χ4n) is 6.18. The van der Waals surface area contributed by atoms with Crippen LogP contribution in [-0.4, -0.2) is 11.6 Å². The monoisotopic (exact) mass is 549 g/mol. The van der Waals surface area contributed by atoms with E-state index in [-0.39, 0.29) is 11.6 Å². The van der Waals surface area contributed by atoms with Crippen LogP contribution in [0.25, 0.3) is 0 Å². The average Bonchev–Trinajstić information content (AvgIpc) is 2.89. The van der Waals surface area contributed by atoms with Gasteiger partial charge in [0.15, 0.2) is 0 Å². The number of nitrogens with two attached hydrogens (primary N) is 1. The van der Waals surface area contributed by atoms with E-state index in [1.165, 1.54) is 56.9 Å². The van der Waals surface area contributed by atoms with Crippen LogP contribution in [0.15, 0.2) is 24.3 Å². The third kappa shape index (κ3) is 8.75. The number of ether oxygens (including phenoxy) is 2. The van der Waals surface area contributed by atoms with Gasteiger partial charge in [-0.05, 0) is 112 Å². The van der Waals surface area contributed by atoms with Gasteiger partial charge in [0, 0.05) is 11.3 Å². The van der Waals surface area contributed by atoms with E-state index in [0.29, 0.717) is 17.0 Å². The van der Waals surface area contributed by atoms with Gasteiger partial charge >= 0.3 is 5.97 Å². The highest BCUT2D eigenvalue weighted by atomic mass is 16.5. The number of carbonyl (C=O) groups is 1. The van der Waals surface area contributed by atoms with E-state index >= 15 is 0 Å². The maximum atomic E-state index is 12.9. The summed E-state index contributed by atoms with van der Waals surface area (Å²) in [7, 11) is 0. The van der Waals surface area contributed by atoms with Gasteiger partial charge in [-0.15, -0.1) is 0 Å². The molecule has 222 valence electrons. The first kappa shape index (κ1) is 32.0. The Bertz CT molecular complexity index is 1120. The van der Waals surface area contributed by atoms with Crippen LogP contribution in [-0.2, 0) is 6.42 Å². The van der Waals surface area contributed by atoms with Crippen molar-refractivity contribution in [1.29, 1.82) is 0 Å². The summed E-state index contributed by atoms with van der Waals surface area (Å²) in [6, 6.07) is 6.86. The van der Waals surface area contributed by atoms with Gasteiger partial charge < -0.3 is 15.2 Å². The molecule has 2 aromatic carbocycles. The maximum Gasteiger partial charge on any atom is 0.343 e. The molecule has 0 aliphatic carbocycles. The van der Waals surface area contributed by atoms with E-state index in [4.69, 9.17) is 15.2 Å². The summed E-state index contributed by atoms with van der Waals surface area (Å²) in [6.07, 6.45) is 13.7. The normalized spacial score (nSPS) is 18.2. The fourth-order valence-corrected chi connectivity index (χ4v) is 6.18. The third-order valence-electron chi connectivity index (χ3n) is 9.18. The summed E-state index contributed by atoms with van der Waals surface area (Å²) in [5.74, 6) is 3.76. The molecule has 0 unspecified atom stereocenters. The van der Waals surface area contributed by atoms with E-state index in [2.05, 4.69) is 48.5 Å². The van der Waals surface area contributed by atoms with Crippen molar-refractivity contribution in [1.82, 2.24) is 0 Å². The van der Waals surface area contributed by atoms with Crippen molar-refractivity contribution in [2.24, 2.45) is 17.8 Å². The molecular formula is C36H55NO3. The van der Waals surface area contributed by atoms with Crippen LogP contribution in [0, 0.1) is 38.5 Å². The Morgan fingerprint density at radius 2 is 1.45 bits per heavy atom. The van der Waals surface area contributed by atoms with Crippen molar-refractivity contribution in [3.8, 4) is 11.5 Å². The second-order valence-corrected chi connectivity index (χ2v) is 13.4. The van der Waals surface area contributed by atoms with Crippen LogP contribution in [0.4, 0.5) is 5.69 Å². The first-order chi connectivity index (χ1) is 18.9. The fraction of sp³-hybridized carbons (Fsp3) is 0.639. The minimum atomic E-state index is -0.359. The lowest BCUT2D eigenvalue weighted by atomic mass is 9.83. The third-order valence-corrected chi connectivity index (χ3v) is 9.18. The highest BCUT2D eigenvalue weighted by Gasteiger charge is 2.35. The smallest absolute Gasteiger partial charge is 0.343 e. The van der Waals surface area contributed by atoms with Crippen LogP contribution >= 0.6 is 0 Å². The lowest BCUT2D eigenvalue weighted by Crippen LogP contribution is -2.37. The molecule has 3 rings (SSSR count). The van der Waals surface area contributed by atoms with E-state index < -0.39 is 0 Å². The van der Waals surface area contributed by atoms with Gasteiger partial charge in [0.05, 0.1) is 5.56 Å². The zero-order valence-electron chi connectivity index (χ0n) is 26.6. The molecule has 0 saturated carbocycles. The summed E-state index contributed by atoms with van der Waals surface area (Å²) >= 11 is 0. The Labute approximate surface area is 244 Å². The molecular weight excluding hydrogens is 494 g/mol. The Balaban J connectivity index is 1.53. The standard InChI is InChI=1S/C36H55NO3/c1-24(2)12-9-13-25(3)14-10-15-26(4)16-11-22-36(8)23-21-32-29(7)33(27(5)28(6)34(32)40-36)39-35(38)30-17-19-31(37)20-18-30/h17-20,24-26H,9-16,21-23,37H2,1-8H3/t25-,26-,36-/m1/s1. The Morgan fingerprint density at radius 3 is 2.05 bits per heavy atom. The first-order valence-corrected chi connectivity index (χ1v) is 15.8. The molecule has 4 nitrogen and oxygen atoms in total. The van der Waals surface area contributed by atoms with Crippen LogP contribution in [0.3, 0.4) is 0 Å². The molecule has 4 heteroatoms. The topological polar surface area (TPSA) is 61.5 Å². The van der Waals surface area contributed by atoms with Crippen molar-refractivity contribution in [3.63, 3.8) is 0 Å². The lowest BCUT2D eigenvalue weighted by Gasteiger charge is -2.38. The number of hydrogen-bond donors (Lipinski definition) is 1. The molecule has 0 spiro atoms. The quantitative estimate of drug-likeness (QED) is 0.145. The van der Waals surface area contributed by atoms with Crippen molar-refractivity contribution >= 4 is 11.7 Å². The van der Waals surface area contributed by atoms with Crippen LogP contribution in [0.5, 0.6) is 11.5 Å². The van der Waals surface area contributed by atoms with E-state index in [0.717, 1.165) is 59.5 Å². The molecule has 0 aromatic heterocycles. The summed E-state index contributed by atoms with van der Waals surface area (Å²) in [4.78, 5) is 12.9. The van der Waals surface area contributed by atoms with E-state index in [9.17, 15) is 4.79 Å².